The Hall–Kier alpha value is -2.57. The Kier molecular flexibility index (Phi) is 5.52. The molecule has 0 saturated heterocycles. The third-order valence-electron chi connectivity index (χ3n) is 2.19. The molecule has 0 aromatic heterocycles. The van der Waals surface area contributed by atoms with Crippen LogP contribution < -0.4 is 9.47 Å². The number of esters is 2. The van der Waals surface area contributed by atoms with Crippen molar-refractivity contribution in [2.75, 3.05) is 21.3 Å². The highest BCUT2D eigenvalue weighted by Crippen LogP contribution is 2.31. The van der Waals surface area contributed by atoms with Gasteiger partial charge in [-0.15, -0.1) is 0 Å². The smallest absolute Gasteiger partial charge is 0.374 e. The molecule has 0 unspecified atom stereocenters. The SMILES string of the molecule is COC(=O)/C=C(\Oc1cccc(F)c1OC)C(=O)OC. The summed E-state index contributed by atoms with van der Waals surface area (Å²) in [5.41, 5.74) is 0. The van der Waals surface area contributed by atoms with E-state index in [0.29, 0.717) is 0 Å². The van der Waals surface area contributed by atoms with Crippen LogP contribution in [0.15, 0.2) is 30.0 Å². The molecule has 0 fully saturated rings. The Labute approximate surface area is 114 Å². The second kappa shape index (κ2) is 7.13. The van der Waals surface area contributed by atoms with Gasteiger partial charge in [0.1, 0.15) is 0 Å². The van der Waals surface area contributed by atoms with Crippen LogP contribution in [-0.4, -0.2) is 33.3 Å². The van der Waals surface area contributed by atoms with E-state index >= 15 is 0 Å². The minimum absolute atomic E-state index is 0.0759. The van der Waals surface area contributed by atoms with Crippen molar-refractivity contribution < 1.29 is 32.9 Å². The summed E-state index contributed by atoms with van der Waals surface area (Å²) in [5.74, 6) is -3.14. The molecule has 0 spiro atoms. The zero-order valence-corrected chi connectivity index (χ0v) is 11.1. The van der Waals surface area contributed by atoms with E-state index in [1.165, 1.54) is 19.2 Å². The van der Waals surface area contributed by atoms with Crippen LogP contribution in [-0.2, 0) is 19.1 Å². The molecule has 108 valence electrons. The van der Waals surface area contributed by atoms with Crippen molar-refractivity contribution in [3.05, 3.63) is 35.9 Å². The van der Waals surface area contributed by atoms with Crippen molar-refractivity contribution in [3.8, 4) is 11.5 Å². The minimum Gasteiger partial charge on any atom is -0.490 e. The lowest BCUT2D eigenvalue weighted by Gasteiger charge is -2.11. The average Bonchev–Trinajstić information content (AvgIpc) is 2.45. The molecule has 0 amide bonds. The van der Waals surface area contributed by atoms with E-state index in [2.05, 4.69) is 9.47 Å². The lowest BCUT2D eigenvalue weighted by molar-refractivity contribution is -0.140. The van der Waals surface area contributed by atoms with Crippen molar-refractivity contribution >= 4 is 11.9 Å². The molecule has 0 N–H and O–H groups in total. The van der Waals surface area contributed by atoms with Gasteiger partial charge in [0.2, 0.25) is 5.76 Å². The summed E-state index contributed by atoms with van der Waals surface area (Å²) < 4.78 is 32.3. The van der Waals surface area contributed by atoms with E-state index in [0.717, 1.165) is 26.4 Å². The zero-order chi connectivity index (χ0) is 15.1. The first-order valence-corrected chi connectivity index (χ1v) is 5.41. The van der Waals surface area contributed by atoms with Crippen molar-refractivity contribution in [2.45, 2.75) is 0 Å². The zero-order valence-electron chi connectivity index (χ0n) is 11.1. The van der Waals surface area contributed by atoms with Gasteiger partial charge in [0, 0.05) is 0 Å². The van der Waals surface area contributed by atoms with Crippen molar-refractivity contribution in [3.63, 3.8) is 0 Å². The Morgan fingerprint density at radius 1 is 1.15 bits per heavy atom. The lowest BCUT2D eigenvalue weighted by atomic mass is 10.3. The molecule has 0 aliphatic carbocycles. The van der Waals surface area contributed by atoms with Gasteiger partial charge in [-0.1, -0.05) is 6.07 Å². The maximum absolute atomic E-state index is 13.5. The highest BCUT2D eigenvalue weighted by atomic mass is 19.1. The summed E-state index contributed by atoms with van der Waals surface area (Å²) >= 11 is 0. The van der Waals surface area contributed by atoms with Gasteiger partial charge in [-0.05, 0) is 12.1 Å². The molecule has 1 rings (SSSR count). The Morgan fingerprint density at radius 3 is 2.40 bits per heavy atom. The lowest BCUT2D eigenvalue weighted by Crippen LogP contribution is -2.14. The number of carbonyl (C=O) groups excluding carboxylic acids is 2. The fourth-order valence-corrected chi connectivity index (χ4v) is 1.28. The molecule has 0 aliphatic rings. The monoisotopic (exact) mass is 284 g/mol. The van der Waals surface area contributed by atoms with Gasteiger partial charge in [0.15, 0.2) is 17.3 Å². The summed E-state index contributed by atoms with van der Waals surface area (Å²) in [6.07, 6.45) is 0.788. The first kappa shape index (κ1) is 15.5. The van der Waals surface area contributed by atoms with Crippen molar-refractivity contribution in [2.24, 2.45) is 0 Å². The molecule has 0 saturated carbocycles. The average molecular weight is 284 g/mol. The van der Waals surface area contributed by atoms with E-state index in [4.69, 9.17) is 9.47 Å². The van der Waals surface area contributed by atoms with Crippen LogP contribution in [0.1, 0.15) is 0 Å². The molecule has 0 aliphatic heterocycles. The highest BCUT2D eigenvalue weighted by Gasteiger charge is 2.19. The van der Waals surface area contributed by atoms with Crippen LogP contribution in [0.25, 0.3) is 0 Å². The maximum Gasteiger partial charge on any atom is 0.374 e. The van der Waals surface area contributed by atoms with Gasteiger partial charge in [-0.2, -0.15) is 0 Å². The van der Waals surface area contributed by atoms with Gasteiger partial charge in [-0.25, -0.2) is 14.0 Å². The molecule has 6 nitrogen and oxygen atoms in total. The standard InChI is InChI=1S/C13H13FO6/c1-17-11(15)7-10(13(16)19-3)20-9-6-4-5-8(14)12(9)18-2/h4-7H,1-3H3/b10-7-. The predicted octanol–water partition coefficient (Wildman–Crippen LogP) is 1.44. The number of hydrogen-bond acceptors (Lipinski definition) is 6. The molecular weight excluding hydrogens is 271 g/mol. The van der Waals surface area contributed by atoms with Gasteiger partial charge in [0.05, 0.1) is 27.4 Å². The molecule has 0 bridgehead atoms. The number of benzene rings is 1. The largest absolute Gasteiger partial charge is 0.490 e. The molecule has 0 heterocycles. The molecule has 0 atom stereocenters. The highest BCUT2D eigenvalue weighted by molar-refractivity contribution is 5.95. The van der Waals surface area contributed by atoms with Gasteiger partial charge >= 0.3 is 11.9 Å². The minimum atomic E-state index is -0.915. The van der Waals surface area contributed by atoms with Gasteiger partial charge in [0.25, 0.3) is 0 Å². The molecular formula is C13H13FO6. The van der Waals surface area contributed by atoms with Crippen LogP contribution in [0, 0.1) is 5.82 Å². The number of methoxy groups -OCH3 is 3. The van der Waals surface area contributed by atoms with E-state index in [1.807, 2.05) is 0 Å². The summed E-state index contributed by atoms with van der Waals surface area (Å²) in [6.45, 7) is 0. The number of rotatable bonds is 5. The molecule has 0 radical (unpaired) electrons. The third-order valence-corrected chi connectivity index (χ3v) is 2.19. The summed E-state index contributed by atoms with van der Waals surface area (Å²) in [7, 11) is 3.49. The molecule has 20 heavy (non-hydrogen) atoms. The van der Waals surface area contributed by atoms with E-state index in [-0.39, 0.29) is 11.5 Å². The van der Waals surface area contributed by atoms with Crippen LogP contribution in [0.5, 0.6) is 11.5 Å². The predicted molar refractivity (Wildman–Crippen MR) is 65.7 cm³/mol. The second-order valence-corrected chi connectivity index (χ2v) is 3.40. The Morgan fingerprint density at radius 2 is 1.85 bits per heavy atom. The summed E-state index contributed by atoms with van der Waals surface area (Å²) in [5, 5.41) is 0. The molecule has 1 aromatic carbocycles. The summed E-state index contributed by atoms with van der Waals surface area (Å²) in [4.78, 5) is 22.7. The van der Waals surface area contributed by atoms with E-state index in [9.17, 15) is 14.0 Å². The number of para-hydroxylation sites is 1. The fraction of sp³-hybridized carbons (Fsp3) is 0.231. The van der Waals surface area contributed by atoms with Gasteiger partial charge < -0.3 is 18.9 Å². The fourth-order valence-electron chi connectivity index (χ4n) is 1.28. The normalized spacial score (nSPS) is 10.7. The van der Waals surface area contributed by atoms with E-state index < -0.39 is 23.5 Å². The quantitative estimate of drug-likeness (QED) is 0.463. The maximum atomic E-state index is 13.5. The van der Waals surface area contributed by atoms with Crippen LogP contribution >= 0.6 is 0 Å². The number of carbonyl (C=O) groups is 2. The van der Waals surface area contributed by atoms with Crippen LogP contribution in [0.3, 0.4) is 0 Å². The van der Waals surface area contributed by atoms with Gasteiger partial charge in [-0.3, -0.25) is 0 Å². The Bertz CT molecular complexity index is 538. The van der Waals surface area contributed by atoms with Crippen LogP contribution in [0.4, 0.5) is 4.39 Å². The Balaban J connectivity index is 3.14. The first-order chi connectivity index (χ1) is 9.53. The summed E-state index contributed by atoms with van der Waals surface area (Å²) in [6, 6.07) is 3.89. The number of ether oxygens (including phenoxy) is 4. The van der Waals surface area contributed by atoms with E-state index in [1.54, 1.807) is 0 Å². The topological polar surface area (TPSA) is 71.1 Å². The molecule has 1 aromatic rings. The first-order valence-electron chi connectivity index (χ1n) is 5.41. The number of halogens is 1. The van der Waals surface area contributed by atoms with Crippen molar-refractivity contribution in [1.29, 1.82) is 0 Å². The number of hydrogen-bond donors (Lipinski definition) is 0. The third kappa shape index (κ3) is 3.71. The second-order valence-electron chi connectivity index (χ2n) is 3.40. The molecule has 7 heteroatoms. The van der Waals surface area contributed by atoms with Crippen molar-refractivity contribution in [1.82, 2.24) is 0 Å². The van der Waals surface area contributed by atoms with Crippen LogP contribution in [0.2, 0.25) is 0 Å².